The lowest BCUT2D eigenvalue weighted by atomic mass is 9.89. The quantitative estimate of drug-likeness (QED) is 0.705. The van der Waals surface area contributed by atoms with Gasteiger partial charge >= 0.3 is 5.97 Å². The molecule has 1 atom stereocenters. The molecule has 6 nitrogen and oxygen atoms in total. The van der Waals surface area contributed by atoms with Gasteiger partial charge in [0.25, 0.3) is 0 Å². The van der Waals surface area contributed by atoms with Crippen LogP contribution in [-0.4, -0.2) is 35.5 Å². The van der Waals surface area contributed by atoms with Gasteiger partial charge < -0.3 is 15.7 Å². The highest BCUT2D eigenvalue weighted by molar-refractivity contribution is 5.88. The second-order valence-electron chi connectivity index (χ2n) is 6.20. The van der Waals surface area contributed by atoms with Crippen LogP contribution in [-0.2, 0) is 20.8 Å². The van der Waals surface area contributed by atoms with E-state index >= 15 is 0 Å². The zero-order chi connectivity index (χ0) is 17.4. The summed E-state index contributed by atoms with van der Waals surface area (Å²) in [6, 6.07) is 8.10. The Hall–Kier alpha value is -2.37. The van der Waals surface area contributed by atoms with Gasteiger partial charge in [0.2, 0.25) is 11.8 Å². The van der Waals surface area contributed by atoms with Crippen LogP contribution in [0.25, 0.3) is 0 Å². The standard InChI is InChI=1S/C18H24N2O4/c21-16(12-19-17(22)14-9-5-2-6-10-14)20-15(18(23)24)11-13-7-3-1-4-8-13/h1,3-4,7-8,14-15H,2,5-6,9-12H2,(H,19,22)(H,20,21)(H,23,24)/t15-/m1/s1. The lowest BCUT2D eigenvalue weighted by Gasteiger charge is -2.21. The van der Waals surface area contributed by atoms with Crippen molar-refractivity contribution in [3.63, 3.8) is 0 Å². The molecule has 24 heavy (non-hydrogen) atoms. The zero-order valence-corrected chi connectivity index (χ0v) is 13.7. The summed E-state index contributed by atoms with van der Waals surface area (Å²) >= 11 is 0. The first-order chi connectivity index (χ1) is 11.6. The van der Waals surface area contributed by atoms with E-state index in [4.69, 9.17) is 0 Å². The van der Waals surface area contributed by atoms with Gasteiger partial charge in [-0.25, -0.2) is 4.79 Å². The van der Waals surface area contributed by atoms with Gasteiger partial charge in [-0.1, -0.05) is 49.6 Å². The predicted octanol–water partition coefficient (Wildman–Crippen LogP) is 1.49. The van der Waals surface area contributed by atoms with Gasteiger partial charge in [-0.05, 0) is 18.4 Å². The molecule has 2 rings (SSSR count). The number of carboxylic acids is 1. The number of carbonyl (C=O) groups is 3. The molecular formula is C18H24N2O4. The topological polar surface area (TPSA) is 95.5 Å². The summed E-state index contributed by atoms with van der Waals surface area (Å²) in [5.74, 6) is -1.71. The van der Waals surface area contributed by atoms with E-state index in [1.54, 1.807) is 0 Å². The Labute approximate surface area is 141 Å². The molecule has 2 amide bonds. The van der Waals surface area contributed by atoms with Crippen molar-refractivity contribution in [3.05, 3.63) is 35.9 Å². The van der Waals surface area contributed by atoms with E-state index in [-0.39, 0.29) is 24.8 Å². The molecule has 0 radical (unpaired) electrons. The maximum atomic E-state index is 12.0. The molecule has 0 bridgehead atoms. The predicted molar refractivity (Wildman–Crippen MR) is 89.3 cm³/mol. The van der Waals surface area contributed by atoms with Crippen LogP contribution < -0.4 is 10.6 Å². The Bertz CT molecular complexity index is 568. The van der Waals surface area contributed by atoms with Crippen LogP contribution >= 0.6 is 0 Å². The number of benzene rings is 1. The average Bonchev–Trinajstić information content (AvgIpc) is 2.60. The Morgan fingerprint density at radius 3 is 2.38 bits per heavy atom. The molecule has 1 saturated carbocycles. The molecule has 1 aliphatic carbocycles. The lowest BCUT2D eigenvalue weighted by molar-refractivity contribution is -0.141. The highest BCUT2D eigenvalue weighted by Gasteiger charge is 2.23. The number of hydrogen-bond acceptors (Lipinski definition) is 3. The third-order valence-corrected chi connectivity index (χ3v) is 4.32. The van der Waals surface area contributed by atoms with E-state index in [2.05, 4.69) is 10.6 Å². The van der Waals surface area contributed by atoms with Gasteiger partial charge in [-0.15, -0.1) is 0 Å². The highest BCUT2D eigenvalue weighted by Crippen LogP contribution is 2.23. The normalized spacial score (nSPS) is 16.2. The Morgan fingerprint density at radius 1 is 1.08 bits per heavy atom. The number of carbonyl (C=O) groups excluding carboxylic acids is 2. The Kier molecular flexibility index (Phi) is 6.78. The van der Waals surface area contributed by atoms with Gasteiger partial charge in [0.15, 0.2) is 0 Å². The van der Waals surface area contributed by atoms with Crippen molar-refractivity contribution >= 4 is 17.8 Å². The summed E-state index contributed by atoms with van der Waals surface area (Å²) in [5, 5.41) is 14.3. The van der Waals surface area contributed by atoms with Crippen molar-refractivity contribution in [2.75, 3.05) is 6.54 Å². The molecule has 0 spiro atoms. The summed E-state index contributed by atoms with van der Waals surface area (Å²) in [7, 11) is 0. The molecule has 0 unspecified atom stereocenters. The van der Waals surface area contributed by atoms with Crippen molar-refractivity contribution in [2.45, 2.75) is 44.6 Å². The van der Waals surface area contributed by atoms with Crippen molar-refractivity contribution in [2.24, 2.45) is 5.92 Å². The molecule has 0 aromatic heterocycles. The molecule has 3 N–H and O–H groups in total. The fourth-order valence-corrected chi connectivity index (χ4v) is 2.97. The molecule has 1 aromatic rings. The monoisotopic (exact) mass is 332 g/mol. The smallest absolute Gasteiger partial charge is 0.326 e. The number of rotatable bonds is 7. The maximum Gasteiger partial charge on any atom is 0.326 e. The van der Waals surface area contributed by atoms with Gasteiger partial charge in [0.1, 0.15) is 6.04 Å². The first-order valence-electron chi connectivity index (χ1n) is 8.40. The van der Waals surface area contributed by atoms with Gasteiger partial charge in [-0.2, -0.15) is 0 Å². The second kappa shape index (κ2) is 9.05. The Balaban J connectivity index is 1.80. The minimum absolute atomic E-state index is 0.0221. The maximum absolute atomic E-state index is 12.0. The highest BCUT2D eigenvalue weighted by atomic mass is 16.4. The molecule has 1 aromatic carbocycles. The lowest BCUT2D eigenvalue weighted by Crippen LogP contribution is -2.47. The number of amides is 2. The summed E-state index contributed by atoms with van der Waals surface area (Å²) < 4.78 is 0. The minimum Gasteiger partial charge on any atom is -0.480 e. The van der Waals surface area contributed by atoms with Crippen molar-refractivity contribution in [3.8, 4) is 0 Å². The van der Waals surface area contributed by atoms with Crippen molar-refractivity contribution in [1.82, 2.24) is 10.6 Å². The molecule has 1 fully saturated rings. The number of aliphatic carboxylic acids is 1. The van der Waals surface area contributed by atoms with Crippen molar-refractivity contribution < 1.29 is 19.5 Å². The summed E-state index contributed by atoms with van der Waals surface area (Å²) in [6.07, 6.45) is 5.17. The molecule has 0 aliphatic heterocycles. The third-order valence-electron chi connectivity index (χ3n) is 4.32. The van der Waals surface area contributed by atoms with E-state index in [1.807, 2.05) is 30.3 Å². The van der Waals surface area contributed by atoms with Crippen LogP contribution in [0.3, 0.4) is 0 Å². The molecule has 6 heteroatoms. The molecule has 0 heterocycles. The van der Waals surface area contributed by atoms with Crippen LogP contribution in [0.1, 0.15) is 37.7 Å². The summed E-state index contributed by atoms with van der Waals surface area (Å²) in [6.45, 7) is -0.187. The van der Waals surface area contributed by atoms with Crippen LogP contribution in [0, 0.1) is 5.92 Å². The number of hydrogen-bond donors (Lipinski definition) is 3. The fourth-order valence-electron chi connectivity index (χ4n) is 2.97. The average molecular weight is 332 g/mol. The van der Waals surface area contributed by atoms with Gasteiger partial charge in [0.05, 0.1) is 6.54 Å². The Morgan fingerprint density at radius 2 is 1.75 bits per heavy atom. The second-order valence-corrected chi connectivity index (χ2v) is 6.20. The minimum atomic E-state index is -1.09. The molecule has 130 valence electrons. The first kappa shape index (κ1) is 18.0. The zero-order valence-electron chi connectivity index (χ0n) is 13.7. The van der Waals surface area contributed by atoms with Crippen LogP contribution in [0.15, 0.2) is 30.3 Å². The SMILES string of the molecule is O=C(CNC(=O)C1CCCCC1)N[C@H](Cc1ccccc1)C(=O)O. The summed E-state index contributed by atoms with van der Waals surface area (Å²) in [4.78, 5) is 35.3. The fraction of sp³-hybridized carbons (Fsp3) is 0.500. The van der Waals surface area contributed by atoms with Crippen LogP contribution in [0.5, 0.6) is 0 Å². The van der Waals surface area contributed by atoms with E-state index in [0.717, 1.165) is 37.7 Å². The van der Waals surface area contributed by atoms with E-state index in [9.17, 15) is 19.5 Å². The molecular weight excluding hydrogens is 308 g/mol. The van der Waals surface area contributed by atoms with E-state index < -0.39 is 17.9 Å². The molecule has 0 saturated heterocycles. The van der Waals surface area contributed by atoms with Crippen LogP contribution in [0.2, 0.25) is 0 Å². The number of carboxylic acid groups (broad SMARTS) is 1. The van der Waals surface area contributed by atoms with Gasteiger partial charge in [-0.3, -0.25) is 9.59 Å². The van der Waals surface area contributed by atoms with Crippen LogP contribution in [0.4, 0.5) is 0 Å². The molecule has 1 aliphatic rings. The van der Waals surface area contributed by atoms with E-state index in [0.29, 0.717) is 0 Å². The summed E-state index contributed by atoms with van der Waals surface area (Å²) in [5.41, 5.74) is 0.830. The number of nitrogens with one attached hydrogen (secondary N) is 2. The first-order valence-corrected chi connectivity index (χ1v) is 8.40. The van der Waals surface area contributed by atoms with Crippen molar-refractivity contribution in [1.29, 1.82) is 0 Å². The third kappa shape index (κ3) is 5.68. The van der Waals surface area contributed by atoms with E-state index in [1.165, 1.54) is 0 Å². The van der Waals surface area contributed by atoms with Gasteiger partial charge in [0, 0.05) is 12.3 Å². The largest absolute Gasteiger partial charge is 0.480 e.